The molecule has 3 N–H and O–H groups in total. The van der Waals surface area contributed by atoms with Crippen molar-refractivity contribution in [2.75, 3.05) is 0 Å². The number of benzene rings is 2. The second-order valence-corrected chi connectivity index (χ2v) is 10.3. The summed E-state index contributed by atoms with van der Waals surface area (Å²) in [5.41, 5.74) is 9.89. The highest BCUT2D eigenvalue weighted by atomic mass is 35.5. The molecule has 1 aromatic heterocycles. The summed E-state index contributed by atoms with van der Waals surface area (Å²) in [6.07, 6.45) is 6.18. The summed E-state index contributed by atoms with van der Waals surface area (Å²) in [6, 6.07) is 13.4. The second-order valence-electron chi connectivity index (χ2n) is 10.1. The number of hydrogen-bond donors (Lipinski definition) is 2. The average molecular weight is 523 g/mol. The fraction of sp³-hybridized carbons (Fsp3) is 0.321. The van der Waals surface area contributed by atoms with Crippen molar-refractivity contribution in [3.05, 3.63) is 95.2 Å². The molecular weight excluding hydrogens is 498 g/mol. The van der Waals surface area contributed by atoms with E-state index < -0.39 is 0 Å². The van der Waals surface area contributed by atoms with Crippen molar-refractivity contribution in [3.63, 3.8) is 0 Å². The summed E-state index contributed by atoms with van der Waals surface area (Å²) >= 11 is 5.66. The number of amidine groups is 1. The molecule has 0 radical (unpaired) electrons. The minimum absolute atomic E-state index is 0.178. The van der Waals surface area contributed by atoms with Gasteiger partial charge in [0.1, 0.15) is 23.4 Å². The van der Waals surface area contributed by atoms with Crippen LogP contribution in [0.5, 0.6) is 0 Å². The van der Waals surface area contributed by atoms with Gasteiger partial charge in [0.25, 0.3) is 0 Å². The van der Waals surface area contributed by atoms with E-state index in [0.717, 1.165) is 29.8 Å². The summed E-state index contributed by atoms with van der Waals surface area (Å²) in [4.78, 5) is 4.29. The highest BCUT2D eigenvalue weighted by Gasteiger charge is 2.56. The predicted octanol–water partition coefficient (Wildman–Crippen LogP) is 5.99. The van der Waals surface area contributed by atoms with Crippen LogP contribution >= 0.6 is 11.6 Å². The van der Waals surface area contributed by atoms with E-state index in [1.165, 1.54) is 23.3 Å². The van der Waals surface area contributed by atoms with E-state index in [4.69, 9.17) is 27.1 Å². The molecule has 0 saturated heterocycles. The molecule has 37 heavy (non-hydrogen) atoms. The van der Waals surface area contributed by atoms with Crippen LogP contribution in [-0.4, -0.2) is 21.2 Å². The summed E-state index contributed by atoms with van der Waals surface area (Å²) in [5, 5.41) is 15.6. The molecule has 190 valence electrons. The molecule has 0 amide bonds. The normalized spacial score (nSPS) is 29.0. The standard InChI is InChI=1S/C15H12ClFN2O.C13H13FN2O/c16-7-13-18-15(19-20-13)14-11-5-9(6-12(11)14)8-2-1-3-10(17)4-8;14-9-3-1-2-7(4-9)8-5-10-11(6-8)12(10)13(15)16-17/h1-5,11-12,14H,6-7H2;1-5,10-12,17H,6H2,(H2,15,16)/t11-,12+,14+;10-,11+,12+/m00/s1. The molecule has 0 bridgehead atoms. The number of allylic oxidation sites excluding steroid dienone is 4. The number of hydrogen-bond acceptors (Lipinski definition) is 5. The molecule has 9 heteroatoms. The Balaban J connectivity index is 0.000000138. The van der Waals surface area contributed by atoms with Crippen LogP contribution in [-0.2, 0) is 5.88 Å². The van der Waals surface area contributed by atoms with Gasteiger partial charge in [0.05, 0.1) is 0 Å². The summed E-state index contributed by atoms with van der Waals surface area (Å²) in [7, 11) is 0. The first-order valence-electron chi connectivity index (χ1n) is 12.3. The first kappa shape index (κ1) is 23.9. The SMILES string of the molecule is Fc1cccc(C2=C[C@H]3[C@@H](C2)[C@@H]3c2noc(CCl)n2)c1.N/C(=N\O)[C@@H]1[C@H]2C=C(c3cccc(F)c3)C[C@H]21. The van der Waals surface area contributed by atoms with Gasteiger partial charge in [-0.3, -0.25) is 0 Å². The lowest BCUT2D eigenvalue weighted by molar-refractivity contribution is 0.316. The lowest BCUT2D eigenvalue weighted by Crippen LogP contribution is -2.16. The fourth-order valence-corrected chi connectivity index (χ4v) is 6.11. The Kier molecular flexibility index (Phi) is 6.07. The molecule has 0 spiro atoms. The third-order valence-corrected chi connectivity index (χ3v) is 8.13. The van der Waals surface area contributed by atoms with Gasteiger partial charge in [-0.15, -0.1) is 11.6 Å². The minimum atomic E-state index is -0.211. The van der Waals surface area contributed by atoms with Crippen LogP contribution in [0.1, 0.15) is 41.6 Å². The molecule has 3 aromatic rings. The molecule has 0 unspecified atom stereocenters. The predicted molar refractivity (Wildman–Crippen MR) is 135 cm³/mol. The highest BCUT2D eigenvalue weighted by Crippen LogP contribution is 2.62. The Bertz CT molecular complexity index is 1430. The Labute approximate surface area is 217 Å². The monoisotopic (exact) mass is 522 g/mol. The molecule has 6 atom stereocenters. The van der Waals surface area contributed by atoms with Crippen molar-refractivity contribution in [2.24, 2.45) is 40.5 Å². The van der Waals surface area contributed by atoms with Gasteiger partial charge in [-0.1, -0.05) is 46.7 Å². The quantitative estimate of drug-likeness (QED) is 0.141. The largest absolute Gasteiger partial charge is 0.409 e. The molecular formula is C28H25ClF2N4O2. The van der Waals surface area contributed by atoms with E-state index in [-0.39, 0.29) is 23.4 Å². The number of oxime groups is 1. The van der Waals surface area contributed by atoms with Gasteiger partial charge in [0.15, 0.2) is 5.82 Å². The van der Waals surface area contributed by atoms with Crippen LogP contribution in [0.3, 0.4) is 0 Å². The third kappa shape index (κ3) is 4.55. The zero-order chi connectivity index (χ0) is 25.7. The number of rotatable bonds is 5. The molecule has 2 fully saturated rings. The van der Waals surface area contributed by atoms with Gasteiger partial charge in [0, 0.05) is 11.8 Å². The van der Waals surface area contributed by atoms with E-state index in [1.807, 2.05) is 12.1 Å². The van der Waals surface area contributed by atoms with Gasteiger partial charge in [0.2, 0.25) is 5.89 Å². The van der Waals surface area contributed by atoms with Crippen LogP contribution in [0.15, 0.2) is 70.4 Å². The number of nitrogens with zero attached hydrogens (tertiary/aromatic N) is 3. The molecule has 1 heterocycles. The Morgan fingerprint density at radius 3 is 2.08 bits per heavy atom. The van der Waals surface area contributed by atoms with Gasteiger partial charge >= 0.3 is 0 Å². The van der Waals surface area contributed by atoms with Crippen molar-refractivity contribution in [1.29, 1.82) is 0 Å². The first-order valence-corrected chi connectivity index (χ1v) is 12.8. The number of alkyl halides is 1. The Morgan fingerprint density at radius 1 is 1.00 bits per heavy atom. The van der Waals surface area contributed by atoms with Crippen molar-refractivity contribution in [3.8, 4) is 0 Å². The zero-order valence-corrected chi connectivity index (χ0v) is 20.5. The summed E-state index contributed by atoms with van der Waals surface area (Å²) in [6.45, 7) is 0. The van der Waals surface area contributed by atoms with Crippen molar-refractivity contribution in [2.45, 2.75) is 24.6 Å². The van der Waals surface area contributed by atoms with E-state index in [1.54, 1.807) is 24.3 Å². The second kappa shape index (κ2) is 9.41. The molecule has 4 aliphatic rings. The lowest BCUT2D eigenvalue weighted by atomic mass is 10.0. The van der Waals surface area contributed by atoms with Crippen molar-refractivity contribution in [1.82, 2.24) is 10.1 Å². The van der Waals surface area contributed by atoms with Gasteiger partial charge < -0.3 is 15.5 Å². The summed E-state index contributed by atoms with van der Waals surface area (Å²) in [5.74, 6) is 3.68. The maximum absolute atomic E-state index is 13.2. The Morgan fingerprint density at radius 2 is 1.62 bits per heavy atom. The van der Waals surface area contributed by atoms with Gasteiger partial charge in [-0.25, -0.2) is 8.78 Å². The van der Waals surface area contributed by atoms with Crippen LogP contribution in [0.4, 0.5) is 8.78 Å². The molecule has 4 aliphatic carbocycles. The van der Waals surface area contributed by atoms with E-state index in [9.17, 15) is 8.78 Å². The summed E-state index contributed by atoms with van der Waals surface area (Å²) < 4.78 is 31.4. The number of nitrogens with two attached hydrogens (primary N) is 1. The molecule has 0 aliphatic heterocycles. The van der Waals surface area contributed by atoms with Crippen LogP contribution in [0.2, 0.25) is 0 Å². The van der Waals surface area contributed by atoms with E-state index in [0.29, 0.717) is 41.3 Å². The zero-order valence-electron chi connectivity index (χ0n) is 19.8. The van der Waals surface area contributed by atoms with Gasteiger partial charge in [-0.05, 0) is 83.1 Å². The fourth-order valence-electron chi connectivity index (χ4n) is 6.00. The minimum Gasteiger partial charge on any atom is -0.409 e. The highest BCUT2D eigenvalue weighted by molar-refractivity contribution is 6.16. The molecule has 6 nitrogen and oxygen atoms in total. The Hall–Kier alpha value is -3.52. The lowest BCUT2D eigenvalue weighted by Gasteiger charge is -2.06. The van der Waals surface area contributed by atoms with Crippen LogP contribution in [0.25, 0.3) is 11.1 Å². The van der Waals surface area contributed by atoms with Crippen LogP contribution in [0, 0.1) is 41.2 Å². The van der Waals surface area contributed by atoms with E-state index >= 15 is 0 Å². The number of fused-ring (bicyclic) bond motifs is 2. The number of aromatic nitrogens is 2. The molecule has 2 saturated carbocycles. The third-order valence-electron chi connectivity index (χ3n) is 7.90. The van der Waals surface area contributed by atoms with Gasteiger partial charge in [-0.2, -0.15) is 4.98 Å². The van der Waals surface area contributed by atoms with E-state index in [2.05, 4.69) is 27.4 Å². The topological polar surface area (TPSA) is 97.5 Å². The van der Waals surface area contributed by atoms with Crippen molar-refractivity contribution < 1.29 is 18.5 Å². The first-order chi connectivity index (χ1) is 18.0. The van der Waals surface area contributed by atoms with Crippen LogP contribution < -0.4 is 5.73 Å². The maximum Gasteiger partial charge on any atom is 0.241 e. The molecule has 2 aromatic carbocycles. The van der Waals surface area contributed by atoms with Crippen molar-refractivity contribution >= 4 is 28.6 Å². The smallest absolute Gasteiger partial charge is 0.241 e. The number of halogens is 3. The maximum atomic E-state index is 13.2. The average Bonchev–Trinajstić information content (AvgIpc) is 3.45. The molecule has 7 rings (SSSR count).